The van der Waals surface area contributed by atoms with E-state index in [9.17, 15) is 9.90 Å². The van der Waals surface area contributed by atoms with E-state index in [0.29, 0.717) is 25.4 Å². The molecular weight excluding hydrogens is 436 g/mol. The van der Waals surface area contributed by atoms with Crippen LogP contribution in [-0.4, -0.2) is 39.6 Å². The van der Waals surface area contributed by atoms with Crippen LogP contribution in [0, 0.1) is 12.8 Å². The van der Waals surface area contributed by atoms with E-state index >= 15 is 0 Å². The van der Waals surface area contributed by atoms with Gasteiger partial charge in [-0.05, 0) is 69.7 Å². The number of pyridine rings is 1. The van der Waals surface area contributed by atoms with Crippen LogP contribution in [0.5, 0.6) is 5.75 Å². The minimum atomic E-state index is -0.800. The molecule has 1 aliphatic heterocycles. The molecule has 4 rings (SSSR count). The fraction of sp³-hybridized carbons (Fsp3) is 0.400. The summed E-state index contributed by atoms with van der Waals surface area (Å²) in [4.78, 5) is 19.3. The Labute approximate surface area is 208 Å². The van der Waals surface area contributed by atoms with Gasteiger partial charge in [-0.3, -0.25) is 4.79 Å². The van der Waals surface area contributed by atoms with Gasteiger partial charge in [-0.25, -0.2) is 4.98 Å². The Morgan fingerprint density at radius 3 is 2.51 bits per heavy atom. The van der Waals surface area contributed by atoms with E-state index in [2.05, 4.69) is 37.3 Å². The van der Waals surface area contributed by atoms with Crippen molar-refractivity contribution in [3.05, 3.63) is 77.5 Å². The van der Waals surface area contributed by atoms with Gasteiger partial charge in [0.05, 0.1) is 16.8 Å². The van der Waals surface area contributed by atoms with E-state index in [4.69, 9.17) is 9.72 Å². The third kappa shape index (κ3) is 6.70. The Morgan fingerprint density at radius 1 is 1.11 bits per heavy atom. The zero-order valence-electron chi connectivity index (χ0n) is 21.0. The van der Waals surface area contributed by atoms with Crippen LogP contribution in [0.3, 0.4) is 0 Å². The van der Waals surface area contributed by atoms with Gasteiger partial charge >= 0.3 is 0 Å². The number of aliphatic hydroxyl groups is 1. The highest BCUT2D eigenvalue weighted by molar-refractivity contribution is 5.88. The van der Waals surface area contributed by atoms with Crippen LogP contribution in [0.1, 0.15) is 56.4 Å². The minimum Gasteiger partial charge on any atom is -0.488 e. The van der Waals surface area contributed by atoms with Gasteiger partial charge in [0.25, 0.3) is 0 Å². The van der Waals surface area contributed by atoms with Gasteiger partial charge in [0.15, 0.2) is 0 Å². The normalized spacial score (nSPS) is 15.1. The molecule has 5 heteroatoms. The predicted molar refractivity (Wildman–Crippen MR) is 141 cm³/mol. The average Bonchev–Trinajstić information content (AvgIpc) is 2.86. The minimum absolute atomic E-state index is 0.141. The largest absolute Gasteiger partial charge is 0.488 e. The van der Waals surface area contributed by atoms with E-state index in [-0.39, 0.29) is 5.91 Å². The molecule has 1 amide bonds. The molecule has 0 bridgehead atoms. The number of hydrogen-bond acceptors (Lipinski definition) is 4. The molecule has 5 nitrogen and oxygen atoms in total. The zero-order chi connectivity index (χ0) is 24.8. The van der Waals surface area contributed by atoms with Crippen molar-refractivity contribution in [2.45, 2.75) is 58.7 Å². The topological polar surface area (TPSA) is 62.7 Å². The number of amides is 1. The van der Waals surface area contributed by atoms with Crippen LogP contribution in [0.4, 0.5) is 0 Å². The maximum absolute atomic E-state index is 12.5. The highest BCUT2D eigenvalue weighted by atomic mass is 16.5. The van der Waals surface area contributed by atoms with Crippen LogP contribution in [-0.2, 0) is 11.4 Å². The third-order valence-corrected chi connectivity index (χ3v) is 6.71. The summed E-state index contributed by atoms with van der Waals surface area (Å²) in [7, 11) is 0. The zero-order valence-corrected chi connectivity index (χ0v) is 21.0. The van der Waals surface area contributed by atoms with Gasteiger partial charge < -0.3 is 14.7 Å². The Hall–Kier alpha value is -3.18. The summed E-state index contributed by atoms with van der Waals surface area (Å²) >= 11 is 0. The lowest BCUT2D eigenvalue weighted by molar-refractivity contribution is -0.133. The van der Waals surface area contributed by atoms with Crippen molar-refractivity contribution < 1.29 is 14.6 Å². The number of fused-ring (bicyclic) bond motifs is 1. The lowest BCUT2D eigenvalue weighted by Gasteiger charge is -2.31. The quantitative estimate of drug-likeness (QED) is 0.442. The van der Waals surface area contributed by atoms with Gasteiger partial charge in [-0.15, -0.1) is 0 Å². The number of carbonyl (C=O) groups excluding carboxylic acids is 1. The van der Waals surface area contributed by atoms with Crippen molar-refractivity contribution in [1.82, 2.24) is 9.88 Å². The van der Waals surface area contributed by atoms with Crippen molar-refractivity contribution in [3.8, 4) is 5.75 Å². The number of aromatic nitrogens is 1. The van der Waals surface area contributed by atoms with E-state index in [1.54, 1.807) is 13.8 Å². The number of rotatable bonds is 8. The second-order valence-corrected chi connectivity index (χ2v) is 10.1. The molecule has 0 spiro atoms. The molecule has 1 aliphatic rings. The monoisotopic (exact) mass is 472 g/mol. The first-order valence-electron chi connectivity index (χ1n) is 12.5. The molecule has 35 heavy (non-hydrogen) atoms. The molecular formula is C30H36N2O3. The Bertz CT molecular complexity index is 1170. The van der Waals surface area contributed by atoms with Crippen molar-refractivity contribution in [2.24, 2.45) is 5.92 Å². The first-order chi connectivity index (χ1) is 16.8. The number of carbonyl (C=O) groups is 1. The summed E-state index contributed by atoms with van der Waals surface area (Å²) in [5.41, 5.74) is 3.22. The molecule has 0 atom stereocenters. The van der Waals surface area contributed by atoms with Crippen LogP contribution in [0.2, 0.25) is 0 Å². The Balaban J connectivity index is 1.44. The van der Waals surface area contributed by atoms with E-state index < -0.39 is 5.60 Å². The molecule has 2 aromatic carbocycles. The summed E-state index contributed by atoms with van der Waals surface area (Å²) in [6.07, 6.45) is 7.13. The summed E-state index contributed by atoms with van der Waals surface area (Å²) in [6.45, 7) is 7.60. The summed E-state index contributed by atoms with van der Waals surface area (Å²) < 4.78 is 6.32. The molecule has 184 valence electrons. The lowest BCUT2D eigenvalue weighted by atomic mass is 9.94. The van der Waals surface area contributed by atoms with Gasteiger partial charge in [-0.1, -0.05) is 48.5 Å². The van der Waals surface area contributed by atoms with Crippen molar-refractivity contribution in [2.75, 3.05) is 13.1 Å². The van der Waals surface area contributed by atoms with Crippen molar-refractivity contribution in [1.29, 1.82) is 0 Å². The number of allylic oxidation sites excluding steroid dienone is 1. The number of nitrogens with zero attached hydrogens (tertiary/aromatic N) is 2. The fourth-order valence-corrected chi connectivity index (χ4v) is 4.51. The highest BCUT2D eigenvalue weighted by Crippen LogP contribution is 2.32. The molecule has 1 N–H and O–H groups in total. The lowest BCUT2D eigenvalue weighted by Crippen LogP contribution is -2.38. The van der Waals surface area contributed by atoms with E-state index in [0.717, 1.165) is 59.4 Å². The predicted octanol–water partition coefficient (Wildman–Crippen LogP) is 5.93. The standard InChI is InChI=1S/C30H36N2O3/c1-22-26(14-13-23-16-19-32(20-17-23)28(33)15-18-30(2,3)34)31-27-12-8-7-11-25(27)29(22)35-21-24-9-5-4-6-10-24/h4-14,23,34H,15-21H2,1-3H3/b14-13+. The van der Waals surface area contributed by atoms with E-state index in [1.807, 2.05) is 41.3 Å². The molecule has 1 fully saturated rings. The molecule has 0 unspecified atom stereocenters. The van der Waals surface area contributed by atoms with Crippen LogP contribution >= 0.6 is 0 Å². The van der Waals surface area contributed by atoms with Gasteiger partial charge in [0.1, 0.15) is 12.4 Å². The fourth-order valence-electron chi connectivity index (χ4n) is 4.51. The number of likely N-dealkylation sites (tertiary alicyclic amines) is 1. The van der Waals surface area contributed by atoms with E-state index in [1.165, 1.54) is 0 Å². The molecule has 3 aromatic rings. The van der Waals surface area contributed by atoms with Gasteiger partial charge in [-0.2, -0.15) is 0 Å². The first kappa shape index (κ1) is 24.9. The van der Waals surface area contributed by atoms with Crippen LogP contribution < -0.4 is 4.74 Å². The Morgan fingerprint density at radius 2 is 1.80 bits per heavy atom. The van der Waals surface area contributed by atoms with Crippen molar-refractivity contribution in [3.63, 3.8) is 0 Å². The first-order valence-corrected chi connectivity index (χ1v) is 12.5. The number of hydrogen-bond donors (Lipinski definition) is 1. The maximum Gasteiger partial charge on any atom is 0.222 e. The van der Waals surface area contributed by atoms with Crippen molar-refractivity contribution >= 4 is 22.9 Å². The smallest absolute Gasteiger partial charge is 0.222 e. The molecule has 1 saturated heterocycles. The highest BCUT2D eigenvalue weighted by Gasteiger charge is 2.23. The SMILES string of the molecule is Cc1c(/C=C/C2CCN(C(=O)CCC(C)(C)O)CC2)nc2ccccc2c1OCc1ccccc1. The molecule has 1 aromatic heterocycles. The summed E-state index contributed by atoms with van der Waals surface area (Å²) in [5, 5.41) is 10.9. The second-order valence-electron chi connectivity index (χ2n) is 10.1. The van der Waals surface area contributed by atoms with Crippen LogP contribution in [0.15, 0.2) is 60.7 Å². The number of piperidine rings is 1. The average molecular weight is 473 g/mol. The third-order valence-electron chi connectivity index (χ3n) is 6.71. The second kappa shape index (κ2) is 11.0. The number of ether oxygens (including phenoxy) is 1. The molecule has 0 saturated carbocycles. The molecule has 2 heterocycles. The maximum atomic E-state index is 12.5. The molecule has 0 aliphatic carbocycles. The van der Waals surface area contributed by atoms with Gasteiger partial charge in [0.2, 0.25) is 5.91 Å². The summed E-state index contributed by atoms with van der Waals surface area (Å²) in [5.74, 6) is 1.43. The van der Waals surface area contributed by atoms with Gasteiger partial charge in [0, 0.05) is 30.5 Å². The number of para-hydroxylation sites is 1. The van der Waals surface area contributed by atoms with Crippen LogP contribution in [0.25, 0.3) is 17.0 Å². The summed E-state index contributed by atoms with van der Waals surface area (Å²) in [6, 6.07) is 18.3. The molecule has 0 radical (unpaired) electrons. The number of benzene rings is 2. The Kier molecular flexibility index (Phi) is 7.86.